The Morgan fingerprint density at radius 2 is 0.833 bits per heavy atom. The van der Waals surface area contributed by atoms with Crippen LogP contribution in [-0.2, 0) is 51.4 Å². The van der Waals surface area contributed by atoms with Gasteiger partial charge in [0.05, 0.1) is 30.6 Å². The molecule has 12 aromatic carbocycles. The number of para-hydroxylation sites is 4. The number of benzene rings is 12. The quantitative estimate of drug-likeness (QED) is 0.0428. The van der Waals surface area contributed by atoms with Crippen molar-refractivity contribution in [1.82, 2.24) is 26.5 Å². The van der Waals surface area contributed by atoms with Crippen molar-refractivity contribution in [1.29, 1.82) is 0 Å². The Labute approximate surface area is 762 Å². The molecular weight excluding hydrogens is 1770 g/mol. The topological polar surface area (TPSA) is 232 Å². The van der Waals surface area contributed by atoms with E-state index in [0.717, 1.165) is 67.2 Å². The molecule has 648 valence electrons. The van der Waals surface area contributed by atoms with Gasteiger partial charge in [-0.1, -0.05) is 266 Å². The van der Waals surface area contributed by atoms with E-state index in [2.05, 4.69) is 69.6 Å². The number of aromatic amines is 1. The second kappa shape index (κ2) is 42.0. The van der Waals surface area contributed by atoms with E-state index in [1.165, 1.54) is 47.4 Å². The van der Waals surface area contributed by atoms with Crippen molar-refractivity contribution in [2.75, 3.05) is 19.8 Å². The Hall–Kier alpha value is -10.5. The molecule has 2 saturated heterocycles. The van der Waals surface area contributed by atoms with Crippen molar-refractivity contribution in [2.45, 2.75) is 105 Å². The number of aromatic nitrogens is 4. The minimum absolute atomic E-state index is 0. The first-order chi connectivity index (χ1) is 59.6. The molecule has 126 heavy (non-hydrogen) atoms. The van der Waals surface area contributed by atoms with Crippen molar-refractivity contribution in [3.05, 3.63) is 366 Å². The number of nitrogens with one attached hydrogen (secondary N) is 2. The van der Waals surface area contributed by atoms with Crippen molar-refractivity contribution in [3.63, 3.8) is 0 Å². The molecule has 16 aromatic rings. The minimum Gasteiger partial charge on any atom is -1.00 e. The predicted molar refractivity (Wildman–Crippen MR) is 489 cm³/mol. The van der Waals surface area contributed by atoms with Gasteiger partial charge in [0.2, 0.25) is 20.0 Å². The van der Waals surface area contributed by atoms with Gasteiger partial charge in [0.1, 0.15) is 12.1 Å². The molecule has 4 N–H and O–H groups in total. The molecule has 3 unspecified atom stereocenters. The Morgan fingerprint density at radius 3 is 1.26 bits per heavy atom. The van der Waals surface area contributed by atoms with Crippen LogP contribution in [0.25, 0.3) is 77.0 Å². The van der Waals surface area contributed by atoms with Gasteiger partial charge in [-0.3, -0.25) is 0 Å². The van der Waals surface area contributed by atoms with Gasteiger partial charge in [0.15, 0.2) is 0 Å². The number of hydrogen-bond acceptors (Lipinski definition) is 11. The van der Waals surface area contributed by atoms with Gasteiger partial charge in [-0.05, 0) is 163 Å². The van der Waals surface area contributed by atoms with E-state index < -0.39 is 84.7 Å². The molecular formula is C96H91BBrF6N6NaO11S4. The summed E-state index contributed by atoms with van der Waals surface area (Å²) in [5.41, 5.74) is 13.2. The number of hydrogen-bond donors (Lipinski definition) is 4. The van der Waals surface area contributed by atoms with Gasteiger partial charge >= 0.3 is 49.0 Å². The standard InChI is InChI=1S/C26H25F3N2O2S.C20H15NO2S.C14H10BrNO2S.C14H11N.C12H14F3NO2S.C6H7BO2.C4H8O.Na.H/c1-17-13-18(2)25(19(3)14-17)34(32,33)30-24(26(27,28)29)16-31-15-22(20-9-5-4-6-10-20)21-11-7-8-12-23(21)31;22-24(23,17-11-5-2-6-12-17)21-15-19(16-9-3-1-4-10-16)18-13-7-8-14-20(18)21;15-13-10-16(14-9-5-4-8-12(13)14)19(17,18)11-6-2-1-3-7-11;1-2-6-11(7-3-1)13-10-15-14-9-5-4-8-12(13)14;1-7-4-8(2)11(9(3)5-7)19(17,18)16-6-10(16)12(13,14)15;8-7(9)6-4-2-1-3-5-6;1-2-4-5-3-1;;/h4-15,24,30H,16H2,1-3H3;1-15H;1-10H;1-10,15H;4-5,10H,6H2,1-3H3;1-5,8-9H;1-4H2;;/q;;;;;;;+1;-1. The number of rotatable bonds is 15. The van der Waals surface area contributed by atoms with Crippen molar-refractivity contribution < 1.29 is 106 Å². The molecule has 30 heteroatoms. The average molecular weight is 1860 g/mol. The average Bonchev–Trinajstić information content (AvgIpc) is 1.47. The third-order valence-corrected chi connectivity index (χ3v) is 28.5. The predicted octanol–water partition coefficient (Wildman–Crippen LogP) is 18.0. The van der Waals surface area contributed by atoms with E-state index in [0.29, 0.717) is 48.6 Å². The summed E-state index contributed by atoms with van der Waals surface area (Å²) in [6.07, 6.45) is 0.280. The van der Waals surface area contributed by atoms with E-state index in [9.17, 15) is 60.0 Å². The molecule has 18 rings (SSSR count). The smallest absolute Gasteiger partial charge is 1.00 e. The molecule has 2 fully saturated rings. The normalized spacial score (nSPS) is 14.0. The third-order valence-electron chi connectivity index (χ3n) is 20.5. The van der Waals surface area contributed by atoms with Crippen LogP contribution < -0.4 is 39.7 Å². The molecule has 0 aliphatic carbocycles. The first-order valence-electron chi connectivity index (χ1n) is 39.7. The minimum atomic E-state index is -4.79. The van der Waals surface area contributed by atoms with Crippen LogP contribution in [0.1, 0.15) is 47.6 Å². The number of halogens is 7. The van der Waals surface area contributed by atoms with Crippen molar-refractivity contribution >= 4 is 112 Å². The summed E-state index contributed by atoms with van der Waals surface area (Å²) in [5.74, 6) is 0. The van der Waals surface area contributed by atoms with Gasteiger partial charge in [0, 0.05) is 105 Å². The molecule has 2 aliphatic heterocycles. The summed E-state index contributed by atoms with van der Waals surface area (Å²) in [6, 6.07) is 88.1. The molecule has 0 amide bonds. The van der Waals surface area contributed by atoms with Crippen LogP contribution in [0.15, 0.2) is 352 Å². The zero-order chi connectivity index (χ0) is 89.6. The number of alkyl halides is 6. The summed E-state index contributed by atoms with van der Waals surface area (Å²) < 4.78 is 194. The van der Waals surface area contributed by atoms with Crippen molar-refractivity contribution in [3.8, 4) is 33.4 Å². The fraction of sp³-hybridized carbons (Fsp3) is 0.167. The fourth-order valence-corrected chi connectivity index (χ4v) is 21.9. The van der Waals surface area contributed by atoms with Gasteiger partial charge in [-0.2, -0.15) is 35.4 Å². The summed E-state index contributed by atoms with van der Waals surface area (Å²) in [4.78, 5) is 3.72. The van der Waals surface area contributed by atoms with Crippen LogP contribution in [0.5, 0.6) is 0 Å². The molecule has 0 bridgehead atoms. The van der Waals surface area contributed by atoms with E-state index >= 15 is 0 Å². The van der Waals surface area contributed by atoms with E-state index in [1.54, 1.807) is 168 Å². The van der Waals surface area contributed by atoms with Crippen LogP contribution in [0.3, 0.4) is 0 Å². The van der Waals surface area contributed by atoms with Gasteiger partial charge < -0.3 is 25.8 Å². The van der Waals surface area contributed by atoms with E-state index in [1.807, 2.05) is 158 Å². The van der Waals surface area contributed by atoms with E-state index in [4.69, 9.17) is 14.8 Å². The number of aryl methyl sites for hydroxylation is 6. The van der Waals surface area contributed by atoms with Crippen LogP contribution in [-0.4, -0.2) is 117 Å². The van der Waals surface area contributed by atoms with Crippen LogP contribution in [0, 0.1) is 41.5 Å². The summed E-state index contributed by atoms with van der Waals surface area (Å²) in [7, 11) is -17.0. The zero-order valence-corrected chi connectivity index (χ0v) is 76.6. The maximum Gasteiger partial charge on any atom is 1.00 e. The Bertz CT molecular complexity index is 6830. The second-order valence-corrected chi connectivity index (χ2v) is 37.7. The first-order valence-corrected chi connectivity index (χ1v) is 46.2. The largest absolute Gasteiger partial charge is 1.00 e. The number of ether oxygens (including phenoxy) is 1. The Kier molecular flexibility index (Phi) is 32.0. The summed E-state index contributed by atoms with van der Waals surface area (Å²) >= 11 is 3.40. The van der Waals surface area contributed by atoms with Gasteiger partial charge in [0.25, 0.3) is 20.0 Å². The number of nitrogens with zero attached hydrogens (tertiary/aromatic N) is 4. The van der Waals surface area contributed by atoms with Gasteiger partial charge in [-0.15, -0.1) is 0 Å². The molecule has 4 aromatic heterocycles. The molecule has 0 saturated carbocycles. The summed E-state index contributed by atoms with van der Waals surface area (Å²) in [6.45, 7) is 10.9. The second-order valence-electron chi connectivity index (χ2n) is 29.7. The number of H-pyrrole nitrogens is 1. The Morgan fingerprint density at radius 1 is 0.460 bits per heavy atom. The zero-order valence-electron chi connectivity index (χ0n) is 70.8. The fourth-order valence-electron chi connectivity index (χ4n) is 14.8. The van der Waals surface area contributed by atoms with Crippen LogP contribution in [0.2, 0.25) is 0 Å². The molecule has 0 spiro atoms. The van der Waals surface area contributed by atoms with Crippen LogP contribution in [0.4, 0.5) is 26.3 Å². The number of fused-ring (bicyclic) bond motifs is 4. The molecule has 3 atom stereocenters. The summed E-state index contributed by atoms with van der Waals surface area (Å²) in [5, 5.41) is 21.0. The van der Waals surface area contributed by atoms with Gasteiger partial charge in [-0.25, -0.2) is 41.6 Å². The SMILES string of the molecule is C1CCOC1.Cc1cc(C)c(S(=O)(=O)N2CC2C(F)(F)F)c(C)c1.Cc1cc(C)c(S(=O)(=O)NC(Cn2cc(-c3ccccc3)c3ccccc32)C(F)(F)F)c(C)c1.O=S(=O)(c1ccccc1)n1cc(-c2ccccc2)c2ccccc21.O=S(=O)(c1ccccc1)n1cc(Br)c2ccccc21.OB(O)c1ccccc1.[H-].[Na+].c1ccc(-c2c[nH]c3ccccc23)cc1. The maximum absolute atomic E-state index is 14.1. The molecule has 17 nitrogen and oxygen atoms in total. The van der Waals surface area contributed by atoms with Crippen LogP contribution >= 0.6 is 15.9 Å². The third kappa shape index (κ3) is 23.3. The molecule has 2 aliphatic rings. The van der Waals surface area contributed by atoms with E-state index in [-0.39, 0.29) is 50.6 Å². The first kappa shape index (κ1) is 96.2. The maximum atomic E-state index is 14.1. The Balaban J connectivity index is 0.000000162. The van der Waals surface area contributed by atoms with Crippen molar-refractivity contribution in [2.24, 2.45) is 0 Å². The molecule has 6 heterocycles. The monoisotopic (exact) mass is 1860 g/mol. The molecule has 0 radical (unpaired) electrons. The number of sulfonamides is 2.